The average molecular weight is 252 g/mol. The van der Waals surface area contributed by atoms with E-state index >= 15 is 0 Å². The van der Waals surface area contributed by atoms with Crippen LogP contribution in [-0.4, -0.2) is 29.5 Å². The number of thioether (sulfide) groups is 1. The van der Waals surface area contributed by atoms with Gasteiger partial charge >= 0.3 is 5.97 Å². The van der Waals surface area contributed by atoms with Crippen LogP contribution in [0.25, 0.3) is 0 Å². The molecule has 0 aliphatic carbocycles. The second-order valence-corrected chi connectivity index (χ2v) is 5.55. The molecule has 1 saturated heterocycles. The summed E-state index contributed by atoms with van der Waals surface area (Å²) in [5.74, 6) is -0.786. The molecule has 0 bridgehead atoms. The highest BCUT2D eigenvalue weighted by Crippen LogP contribution is 2.28. The highest BCUT2D eigenvalue weighted by Gasteiger charge is 2.14. The first-order chi connectivity index (χ1) is 8.24. The summed E-state index contributed by atoms with van der Waals surface area (Å²) in [5.41, 5.74) is 0.849. The minimum atomic E-state index is -0.786. The first-order valence-electron chi connectivity index (χ1n) is 5.79. The summed E-state index contributed by atoms with van der Waals surface area (Å²) < 4.78 is 5.43. The largest absolute Gasteiger partial charge is 0.481 e. The molecule has 1 aliphatic heterocycles. The molecule has 1 unspecified atom stereocenters. The Labute approximate surface area is 105 Å². The first kappa shape index (κ1) is 12.5. The Balaban J connectivity index is 1.90. The number of hydrogen-bond donors (Lipinski definition) is 1. The lowest BCUT2D eigenvalue weighted by Crippen LogP contribution is -2.19. The standard InChI is InChI=1S/C13H16O3S/c14-13(15)8-10-3-5-11(6-4-10)17-12-2-1-7-16-9-12/h3-6,12H,1-2,7-9H2,(H,14,15). The van der Waals surface area contributed by atoms with Crippen LogP contribution in [0.1, 0.15) is 18.4 Å². The second kappa shape index (κ2) is 6.07. The van der Waals surface area contributed by atoms with Gasteiger partial charge in [-0.1, -0.05) is 12.1 Å². The molecule has 1 aliphatic rings. The van der Waals surface area contributed by atoms with E-state index in [-0.39, 0.29) is 6.42 Å². The van der Waals surface area contributed by atoms with E-state index in [9.17, 15) is 4.79 Å². The van der Waals surface area contributed by atoms with Gasteiger partial charge in [0, 0.05) is 16.8 Å². The summed E-state index contributed by atoms with van der Waals surface area (Å²) in [6, 6.07) is 7.77. The van der Waals surface area contributed by atoms with Crippen LogP contribution in [0.2, 0.25) is 0 Å². The van der Waals surface area contributed by atoms with Gasteiger partial charge in [0.2, 0.25) is 0 Å². The van der Waals surface area contributed by atoms with Crippen LogP contribution >= 0.6 is 11.8 Å². The molecule has 3 nitrogen and oxygen atoms in total. The number of carboxylic acid groups (broad SMARTS) is 1. The van der Waals surface area contributed by atoms with Crippen molar-refractivity contribution < 1.29 is 14.6 Å². The number of aliphatic carboxylic acids is 1. The van der Waals surface area contributed by atoms with Crippen molar-refractivity contribution in [3.8, 4) is 0 Å². The predicted molar refractivity (Wildman–Crippen MR) is 67.5 cm³/mol. The normalized spacial score (nSPS) is 20.1. The molecule has 1 heterocycles. The van der Waals surface area contributed by atoms with Crippen LogP contribution in [0.15, 0.2) is 29.2 Å². The number of carbonyl (C=O) groups is 1. The summed E-state index contributed by atoms with van der Waals surface area (Å²) in [6.45, 7) is 1.70. The summed E-state index contributed by atoms with van der Waals surface area (Å²) in [6.07, 6.45) is 2.42. The fraction of sp³-hybridized carbons (Fsp3) is 0.462. The van der Waals surface area contributed by atoms with Crippen molar-refractivity contribution in [3.05, 3.63) is 29.8 Å². The summed E-state index contributed by atoms with van der Waals surface area (Å²) >= 11 is 1.82. The molecule has 1 aromatic carbocycles. The Kier molecular flexibility index (Phi) is 4.45. The molecule has 1 aromatic rings. The van der Waals surface area contributed by atoms with E-state index in [1.54, 1.807) is 0 Å². The molecule has 1 N–H and O–H groups in total. The van der Waals surface area contributed by atoms with Gasteiger partial charge in [0.05, 0.1) is 13.0 Å². The number of hydrogen-bond acceptors (Lipinski definition) is 3. The molecule has 1 fully saturated rings. The Hall–Kier alpha value is -1.00. The van der Waals surface area contributed by atoms with Gasteiger partial charge in [-0.3, -0.25) is 4.79 Å². The van der Waals surface area contributed by atoms with Gasteiger partial charge in [0.25, 0.3) is 0 Å². The number of ether oxygens (including phenoxy) is 1. The van der Waals surface area contributed by atoms with Crippen LogP contribution in [0, 0.1) is 0 Å². The highest BCUT2D eigenvalue weighted by molar-refractivity contribution is 8.00. The average Bonchev–Trinajstić information content (AvgIpc) is 2.32. The second-order valence-electron chi connectivity index (χ2n) is 4.17. The maximum atomic E-state index is 10.5. The smallest absolute Gasteiger partial charge is 0.307 e. The van der Waals surface area contributed by atoms with Gasteiger partial charge in [-0.05, 0) is 30.5 Å². The summed E-state index contributed by atoms with van der Waals surface area (Å²) in [5, 5.41) is 9.21. The van der Waals surface area contributed by atoms with Crippen LogP contribution in [0.5, 0.6) is 0 Å². The third-order valence-corrected chi connectivity index (χ3v) is 3.95. The van der Waals surface area contributed by atoms with Crippen LogP contribution in [-0.2, 0) is 16.0 Å². The third-order valence-electron chi connectivity index (χ3n) is 2.70. The van der Waals surface area contributed by atoms with Gasteiger partial charge in [-0.15, -0.1) is 11.8 Å². The van der Waals surface area contributed by atoms with E-state index in [0.29, 0.717) is 5.25 Å². The van der Waals surface area contributed by atoms with E-state index < -0.39 is 5.97 Å². The first-order valence-corrected chi connectivity index (χ1v) is 6.67. The summed E-state index contributed by atoms with van der Waals surface area (Å²) in [7, 11) is 0. The molecule has 2 rings (SSSR count). The minimum Gasteiger partial charge on any atom is -0.481 e. The number of carboxylic acids is 1. The molecule has 0 saturated carbocycles. The molecule has 92 valence electrons. The summed E-state index contributed by atoms with van der Waals surface area (Å²) in [4.78, 5) is 11.7. The van der Waals surface area contributed by atoms with Crippen molar-refractivity contribution in [2.75, 3.05) is 13.2 Å². The molecule has 0 amide bonds. The quantitative estimate of drug-likeness (QED) is 0.894. The fourth-order valence-corrected chi connectivity index (χ4v) is 2.98. The zero-order chi connectivity index (χ0) is 12.1. The van der Waals surface area contributed by atoms with Crippen molar-refractivity contribution in [2.24, 2.45) is 0 Å². The molecular formula is C13H16O3S. The molecule has 17 heavy (non-hydrogen) atoms. The van der Waals surface area contributed by atoms with Crippen molar-refractivity contribution in [3.63, 3.8) is 0 Å². The topological polar surface area (TPSA) is 46.5 Å². The van der Waals surface area contributed by atoms with E-state index in [2.05, 4.69) is 0 Å². The van der Waals surface area contributed by atoms with Gasteiger partial charge in [0.15, 0.2) is 0 Å². The van der Waals surface area contributed by atoms with E-state index in [0.717, 1.165) is 25.2 Å². The van der Waals surface area contributed by atoms with Gasteiger partial charge < -0.3 is 9.84 Å². The van der Waals surface area contributed by atoms with Crippen molar-refractivity contribution in [1.82, 2.24) is 0 Å². The van der Waals surface area contributed by atoms with Crippen molar-refractivity contribution in [2.45, 2.75) is 29.4 Å². The lowest BCUT2D eigenvalue weighted by molar-refractivity contribution is -0.136. The fourth-order valence-electron chi connectivity index (χ4n) is 1.86. The van der Waals surface area contributed by atoms with E-state index in [1.807, 2.05) is 36.0 Å². The monoisotopic (exact) mass is 252 g/mol. The third kappa shape index (κ3) is 4.06. The van der Waals surface area contributed by atoms with Crippen molar-refractivity contribution >= 4 is 17.7 Å². The zero-order valence-electron chi connectivity index (χ0n) is 9.59. The molecule has 0 aromatic heterocycles. The Morgan fingerprint density at radius 3 is 2.76 bits per heavy atom. The van der Waals surface area contributed by atoms with Crippen LogP contribution in [0.4, 0.5) is 0 Å². The van der Waals surface area contributed by atoms with Gasteiger partial charge in [-0.2, -0.15) is 0 Å². The van der Waals surface area contributed by atoms with Gasteiger partial charge in [-0.25, -0.2) is 0 Å². The maximum Gasteiger partial charge on any atom is 0.307 e. The highest BCUT2D eigenvalue weighted by atomic mass is 32.2. The van der Waals surface area contributed by atoms with E-state index in [1.165, 1.54) is 11.3 Å². The zero-order valence-corrected chi connectivity index (χ0v) is 10.4. The SMILES string of the molecule is O=C(O)Cc1ccc(SC2CCCOC2)cc1. The van der Waals surface area contributed by atoms with Crippen LogP contribution in [0.3, 0.4) is 0 Å². The van der Waals surface area contributed by atoms with Crippen molar-refractivity contribution in [1.29, 1.82) is 0 Å². The Morgan fingerprint density at radius 2 is 2.18 bits per heavy atom. The molecule has 1 atom stereocenters. The van der Waals surface area contributed by atoms with E-state index in [4.69, 9.17) is 9.84 Å². The predicted octanol–water partition coefficient (Wildman–Crippen LogP) is 2.58. The lowest BCUT2D eigenvalue weighted by atomic mass is 10.2. The Bertz CT molecular complexity index is 369. The van der Waals surface area contributed by atoms with Gasteiger partial charge in [0.1, 0.15) is 0 Å². The number of benzene rings is 1. The van der Waals surface area contributed by atoms with Crippen LogP contribution < -0.4 is 0 Å². The molecule has 0 radical (unpaired) electrons. The minimum absolute atomic E-state index is 0.0947. The number of rotatable bonds is 4. The lowest BCUT2D eigenvalue weighted by Gasteiger charge is -2.21. The molecular weight excluding hydrogens is 236 g/mol. The molecule has 0 spiro atoms. The Morgan fingerprint density at radius 1 is 1.41 bits per heavy atom. The molecule has 4 heteroatoms. The maximum absolute atomic E-state index is 10.5.